The zero-order chi connectivity index (χ0) is 16.1. The fourth-order valence-corrected chi connectivity index (χ4v) is 6.36. The van der Waals surface area contributed by atoms with Gasteiger partial charge in [0.1, 0.15) is 0 Å². The van der Waals surface area contributed by atoms with Crippen LogP contribution in [-0.2, 0) is 0 Å². The van der Waals surface area contributed by atoms with Crippen LogP contribution < -0.4 is 0 Å². The molecule has 3 aliphatic rings. The highest BCUT2D eigenvalue weighted by Crippen LogP contribution is 2.64. The number of nitrogens with zero attached hydrogens (tertiary/aromatic N) is 1. The molecular formula is C21H34N-. The van der Waals surface area contributed by atoms with Crippen molar-refractivity contribution in [3.05, 3.63) is 29.6 Å². The van der Waals surface area contributed by atoms with Gasteiger partial charge in [-0.05, 0) is 42.4 Å². The van der Waals surface area contributed by atoms with Crippen LogP contribution in [0.5, 0.6) is 0 Å². The van der Waals surface area contributed by atoms with Crippen LogP contribution in [-0.4, -0.2) is 12.6 Å². The SMILES string of the molecule is C=C(C)C=CC1C(C)C2CCC(C)([N-]C)C3CCC(C)C1C23. The van der Waals surface area contributed by atoms with Crippen molar-refractivity contribution in [3.8, 4) is 0 Å². The molecule has 0 aliphatic heterocycles. The van der Waals surface area contributed by atoms with Gasteiger partial charge >= 0.3 is 0 Å². The fourth-order valence-electron chi connectivity index (χ4n) is 6.36. The van der Waals surface area contributed by atoms with E-state index in [4.69, 9.17) is 5.32 Å². The molecule has 1 heteroatoms. The first kappa shape index (κ1) is 16.3. The van der Waals surface area contributed by atoms with Crippen molar-refractivity contribution in [3.63, 3.8) is 0 Å². The third-order valence-corrected chi connectivity index (χ3v) is 7.62. The standard InChI is InChI=1S/C21H34N/c1-13(2)7-9-16-15(4)17-11-12-21(5,22-6)18-10-8-14(3)19(16)20(17)18/h7,9,14-20H,1,8,10-12H2,2-6H3/q-1. The summed E-state index contributed by atoms with van der Waals surface area (Å²) in [7, 11) is 2.06. The van der Waals surface area contributed by atoms with E-state index in [9.17, 15) is 0 Å². The summed E-state index contributed by atoms with van der Waals surface area (Å²) in [6.07, 6.45) is 10.3. The molecule has 0 aromatic heterocycles. The van der Waals surface area contributed by atoms with E-state index in [1.807, 2.05) is 0 Å². The normalized spacial score (nSPS) is 51.0. The van der Waals surface area contributed by atoms with Crippen molar-refractivity contribution in [2.45, 2.75) is 58.9 Å². The fraction of sp³-hybridized carbons (Fsp3) is 0.810. The molecule has 8 atom stereocenters. The smallest absolute Gasteiger partial charge is 0.0168 e. The molecule has 22 heavy (non-hydrogen) atoms. The van der Waals surface area contributed by atoms with Gasteiger partial charge in [0, 0.05) is 0 Å². The summed E-state index contributed by atoms with van der Waals surface area (Å²) in [5.74, 6) is 5.97. The molecule has 3 fully saturated rings. The zero-order valence-corrected chi connectivity index (χ0v) is 15.2. The molecule has 124 valence electrons. The molecular weight excluding hydrogens is 266 g/mol. The summed E-state index contributed by atoms with van der Waals surface area (Å²) in [6, 6.07) is 0. The second-order valence-corrected chi connectivity index (χ2v) is 8.74. The van der Waals surface area contributed by atoms with Gasteiger partial charge < -0.3 is 5.32 Å². The van der Waals surface area contributed by atoms with E-state index in [-0.39, 0.29) is 5.54 Å². The van der Waals surface area contributed by atoms with Crippen LogP contribution in [0.15, 0.2) is 24.3 Å². The molecule has 3 saturated carbocycles. The van der Waals surface area contributed by atoms with Crippen LogP contribution in [0, 0.1) is 41.4 Å². The van der Waals surface area contributed by atoms with Crippen LogP contribution >= 0.6 is 0 Å². The Kier molecular flexibility index (Phi) is 4.31. The number of hydrogen-bond donors (Lipinski definition) is 0. The Bertz CT molecular complexity index is 465. The van der Waals surface area contributed by atoms with Crippen molar-refractivity contribution >= 4 is 0 Å². The second kappa shape index (κ2) is 5.82. The Morgan fingerprint density at radius 1 is 1.18 bits per heavy atom. The molecule has 0 N–H and O–H groups in total. The molecule has 8 unspecified atom stereocenters. The highest BCUT2D eigenvalue weighted by Gasteiger charge is 2.57. The lowest BCUT2D eigenvalue weighted by atomic mass is 9.55. The van der Waals surface area contributed by atoms with Gasteiger partial charge in [-0.2, -0.15) is 7.05 Å². The van der Waals surface area contributed by atoms with Crippen molar-refractivity contribution in [1.82, 2.24) is 0 Å². The van der Waals surface area contributed by atoms with Gasteiger partial charge in [-0.15, -0.1) is 5.54 Å². The van der Waals surface area contributed by atoms with E-state index in [0.29, 0.717) is 0 Å². The molecule has 0 spiro atoms. The number of allylic oxidation sites excluding steroid dienone is 3. The van der Waals surface area contributed by atoms with Crippen LogP contribution in [0.25, 0.3) is 5.32 Å². The molecule has 0 radical (unpaired) electrons. The Hall–Kier alpha value is -0.560. The molecule has 3 rings (SSSR count). The maximum atomic E-state index is 4.88. The lowest BCUT2D eigenvalue weighted by Gasteiger charge is -2.60. The summed E-state index contributed by atoms with van der Waals surface area (Å²) >= 11 is 0. The first-order valence-corrected chi connectivity index (χ1v) is 9.33. The Morgan fingerprint density at radius 2 is 1.91 bits per heavy atom. The van der Waals surface area contributed by atoms with Crippen LogP contribution in [0.1, 0.15) is 53.4 Å². The van der Waals surface area contributed by atoms with Gasteiger partial charge in [0.15, 0.2) is 0 Å². The van der Waals surface area contributed by atoms with E-state index in [2.05, 4.69) is 53.5 Å². The predicted octanol–water partition coefficient (Wildman–Crippen LogP) is 5.84. The van der Waals surface area contributed by atoms with Gasteiger partial charge in [0.2, 0.25) is 0 Å². The molecule has 0 aromatic rings. The maximum Gasteiger partial charge on any atom is -0.0168 e. The van der Waals surface area contributed by atoms with Crippen molar-refractivity contribution < 1.29 is 0 Å². The van der Waals surface area contributed by atoms with E-state index >= 15 is 0 Å². The number of hydrogen-bond acceptors (Lipinski definition) is 0. The third-order valence-electron chi connectivity index (χ3n) is 7.62. The molecule has 0 aromatic carbocycles. The van der Waals surface area contributed by atoms with E-state index < -0.39 is 0 Å². The zero-order valence-electron chi connectivity index (χ0n) is 15.2. The summed E-state index contributed by atoms with van der Waals surface area (Å²) in [5.41, 5.74) is 1.43. The molecule has 0 heterocycles. The topological polar surface area (TPSA) is 14.1 Å². The van der Waals surface area contributed by atoms with E-state index in [0.717, 1.165) is 41.4 Å². The largest absolute Gasteiger partial charge is 0.659 e. The minimum absolute atomic E-state index is 0.242. The second-order valence-electron chi connectivity index (χ2n) is 8.74. The van der Waals surface area contributed by atoms with Gasteiger partial charge in [-0.25, -0.2) is 0 Å². The van der Waals surface area contributed by atoms with Crippen LogP contribution in [0.2, 0.25) is 0 Å². The van der Waals surface area contributed by atoms with Crippen molar-refractivity contribution in [1.29, 1.82) is 0 Å². The minimum Gasteiger partial charge on any atom is -0.659 e. The van der Waals surface area contributed by atoms with Gasteiger partial charge in [-0.3, -0.25) is 0 Å². The third kappa shape index (κ3) is 2.40. The molecule has 0 saturated heterocycles. The van der Waals surface area contributed by atoms with E-state index in [1.165, 1.54) is 31.3 Å². The molecule has 0 amide bonds. The Balaban J connectivity index is 1.95. The highest BCUT2D eigenvalue weighted by atomic mass is 15.0. The first-order chi connectivity index (χ1) is 10.4. The van der Waals surface area contributed by atoms with Gasteiger partial charge in [0.05, 0.1) is 0 Å². The summed E-state index contributed by atoms with van der Waals surface area (Å²) < 4.78 is 0. The average molecular weight is 301 g/mol. The lowest BCUT2D eigenvalue weighted by molar-refractivity contribution is 0.0130. The van der Waals surface area contributed by atoms with Crippen molar-refractivity contribution in [2.24, 2.45) is 41.4 Å². The van der Waals surface area contributed by atoms with E-state index in [1.54, 1.807) is 0 Å². The summed E-state index contributed by atoms with van der Waals surface area (Å²) in [4.78, 5) is 0. The number of rotatable bonds is 3. The monoisotopic (exact) mass is 300 g/mol. The Labute approximate surface area is 137 Å². The molecule has 1 nitrogen and oxygen atoms in total. The van der Waals surface area contributed by atoms with Gasteiger partial charge in [0.25, 0.3) is 0 Å². The van der Waals surface area contributed by atoms with Crippen LogP contribution in [0.3, 0.4) is 0 Å². The van der Waals surface area contributed by atoms with Crippen molar-refractivity contribution in [2.75, 3.05) is 7.05 Å². The quantitative estimate of drug-likeness (QED) is 0.582. The summed E-state index contributed by atoms with van der Waals surface area (Å²) in [6.45, 7) is 13.6. The Morgan fingerprint density at radius 3 is 2.55 bits per heavy atom. The van der Waals surface area contributed by atoms with Gasteiger partial charge in [-0.1, -0.05) is 76.7 Å². The maximum absolute atomic E-state index is 4.88. The minimum atomic E-state index is 0.242. The highest BCUT2D eigenvalue weighted by molar-refractivity contribution is 5.20. The average Bonchev–Trinajstić information content (AvgIpc) is 2.76. The first-order valence-electron chi connectivity index (χ1n) is 9.33. The summed E-state index contributed by atoms with van der Waals surface area (Å²) in [5, 5.41) is 4.88. The molecule has 0 bridgehead atoms. The lowest BCUT2D eigenvalue weighted by Crippen LogP contribution is -2.49. The predicted molar refractivity (Wildman–Crippen MR) is 95.9 cm³/mol. The van der Waals surface area contributed by atoms with Crippen LogP contribution in [0.4, 0.5) is 0 Å². The molecule has 3 aliphatic carbocycles.